The van der Waals surface area contributed by atoms with Gasteiger partial charge in [-0.2, -0.15) is 0 Å². The molecule has 1 saturated heterocycles. The minimum atomic E-state index is -0.985. The maximum absolute atomic E-state index is 11.3. The molecule has 78 valence electrons. The molecule has 0 radical (unpaired) electrons. The van der Waals surface area contributed by atoms with E-state index in [1.165, 1.54) is 0 Å². The van der Waals surface area contributed by atoms with Crippen LogP contribution in [-0.4, -0.2) is 25.2 Å². The van der Waals surface area contributed by atoms with E-state index in [2.05, 4.69) is 9.47 Å². The zero-order valence-electron chi connectivity index (χ0n) is 8.87. The molecule has 0 unspecified atom stereocenters. The molecule has 15 heavy (non-hydrogen) atoms. The Bertz CT molecular complexity index is 284. The van der Waals surface area contributed by atoms with Crippen molar-refractivity contribution in [3.8, 4) is 0 Å². The molecule has 1 aliphatic heterocycles. The molecule has 1 heterocycles. The van der Waals surface area contributed by atoms with Crippen LogP contribution < -0.4 is 34.7 Å². The molecular formula is C9H11NaO5. The Morgan fingerprint density at radius 1 is 1.60 bits per heavy atom. The van der Waals surface area contributed by atoms with E-state index in [0.29, 0.717) is 13.0 Å². The minimum Gasteiger partial charge on any atom is -0.867 e. The predicted octanol–water partition coefficient (Wildman–Crippen LogP) is -3.50. The normalized spacial score (nSPS) is 18.6. The molecule has 0 atom stereocenters. The van der Waals surface area contributed by atoms with Gasteiger partial charge in [0.15, 0.2) is 0 Å². The van der Waals surface area contributed by atoms with Crippen molar-refractivity contribution in [2.75, 3.05) is 13.2 Å². The van der Waals surface area contributed by atoms with Gasteiger partial charge in [0.25, 0.3) is 0 Å². The predicted molar refractivity (Wildman–Crippen MR) is 43.9 cm³/mol. The fourth-order valence-corrected chi connectivity index (χ4v) is 1.13. The summed E-state index contributed by atoms with van der Waals surface area (Å²) in [6, 6.07) is 0. The van der Waals surface area contributed by atoms with Crippen LogP contribution in [0.4, 0.5) is 0 Å². The third-order valence-corrected chi connectivity index (χ3v) is 1.79. The van der Waals surface area contributed by atoms with Crippen LogP contribution in [-0.2, 0) is 19.1 Å². The van der Waals surface area contributed by atoms with Crippen molar-refractivity contribution < 1.29 is 53.7 Å². The molecule has 1 rings (SSSR count). The SMILES string of the molecule is CCOC(=O)/C([O-])=C1\CCCOC1=O.[Na+]. The van der Waals surface area contributed by atoms with E-state index in [1.54, 1.807) is 6.92 Å². The van der Waals surface area contributed by atoms with Crippen LogP contribution in [0.1, 0.15) is 19.8 Å². The van der Waals surface area contributed by atoms with Crippen LogP contribution in [0, 0.1) is 0 Å². The van der Waals surface area contributed by atoms with Crippen LogP contribution in [0.5, 0.6) is 0 Å². The van der Waals surface area contributed by atoms with Gasteiger partial charge in [0.2, 0.25) is 0 Å². The Hall–Kier alpha value is -0.520. The first-order chi connectivity index (χ1) is 6.66. The Morgan fingerprint density at radius 2 is 2.27 bits per heavy atom. The monoisotopic (exact) mass is 222 g/mol. The number of rotatable bonds is 2. The molecule has 6 heteroatoms. The first kappa shape index (κ1) is 14.5. The summed E-state index contributed by atoms with van der Waals surface area (Å²) in [5, 5.41) is 11.3. The molecular weight excluding hydrogens is 211 g/mol. The van der Waals surface area contributed by atoms with Crippen molar-refractivity contribution in [3.05, 3.63) is 11.3 Å². The summed E-state index contributed by atoms with van der Waals surface area (Å²) in [6.45, 7) is 2.01. The van der Waals surface area contributed by atoms with Crippen LogP contribution in [0.2, 0.25) is 0 Å². The van der Waals surface area contributed by atoms with E-state index < -0.39 is 17.7 Å². The molecule has 0 aliphatic carbocycles. The van der Waals surface area contributed by atoms with Crippen molar-refractivity contribution in [1.29, 1.82) is 0 Å². The molecule has 5 nitrogen and oxygen atoms in total. The number of cyclic esters (lactones) is 1. The number of hydrogen-bond acceptors (Lipinski definition) is 5. The Labute approximate surface area is 110 Å². The number of carbonyl (C=O) groups excluding carboxylic acids is 2. The van der Waals surface area contributed by atoms with Crippen molar-refractivity contribution in [1.82, 2.24) is 0 Å². The van der Waals surface area contributed by atoms with E-state index in [9.17, 15) is 14.7 Å². The molecule has 0 aromatic carbocycles. The van der Waals surface area contributed by atoms with Crippen LogP contribution in [0.3, 0.4) is 0 Å². The number of hydrogen-bond donors (Lipinski definition) is 0. The molecule has 1 fully saturated rings. The van der Waals surface area contributed by atoms with E-state index >= 15 is 0 Å². The van der Waals surface area contributed by atoms with E-state index in [1.807, 2.05) is 0 Å². The Balaban J connectivity index is 0.00000196. The van der Waals surface area contributed by atoms with Gasteiger partial charge in [0.05, 0.1) is 13.2 Å². The van der Waals surface area contributed by atoms with Gasteiger partial charge in [-0.3, -0.25) is 0 Å². The Morgan fingerprint density at radius 3 is 2.80 bits per heavy atom. The summed E-state index contributed by atoms with van der Waals surface area (Å²) in [7, 11) is 0. The van der Waals surface area contributed by atoms with Crippen LogP contribution in [0.25, 0.3) is 0 Å². The summed E-state index contributed by atoms with van der Waals surface area (Å²) < 4.78 is 9.12. The van der Waals surface area contributed by atoms with Gasteiger partial charge in [-0.25, -0.2) is 9.59 Å². The number of ether oxygens (including phenoxy) is 2. The minimum absolute atomic E-state index is 0. The van der Waals surface area contributed by atoms with E-state index in [0.717, 1.165) is 0 Å². The van der Waals surface area contributed by atoms with Crippen LogP contribution >= 0.6 is 0 Å². The summed E-state index contributed by atoms with van der Waals surface area (Å²) >= 11 is 0. The summed E-state index contributed by atoms with van der Waals surface area (Å²) in [5.74, 6) is -2.56. The third-order valence-electron chi connectivity index (χ3n) is 1.79. The number of esters is 2. The van der Waals surface area contributed by atoms with Crippen LogP contribution in [0.15, 0.2) is 11.3 Å². The molecule has 0 spiro atoms. The fraction of sp³-hybridized carbons (Fsp3) is 0.556. The van der Waals surface area contributed by atoms with Crippen molar-refractivity contribution in [2.24, 2.45) is 0 Å². The van der Waals surface area contributed by atoms with Gasteiger partial charge < -0.3 is 14.6 Å². The van der Waals surface area contributed by atoms with Crippen molar-refractivity contribution in [2.45, 2.75) is 19.8 Å². The average Bonchev–Trinajstić information content (AvgIpc) is 2.18. The second kappa shape index (κ2) is 6.87. The van der Waals surface area contributed by atoms with Gasteiger partial charge in [0.1, 0.15) is 0 Å². The smallest absolute Gasteiger partial charge is 0.867 e. The molecule has 0 N–H and O–H groups in total. The van der Waals surface area contributed by atoms with Gasteiger partial charge in [0, 0.05) is 5.57 Å². The van der Waals surface area contributed by atoms with E-state index in [4.69, 9.17) is 0 Å². The number of carbonyl (C=O) groups is 2. The maximum atomic E-state index is 11.3. The van der Waals surface area contributed by atoms with E-state index in [-0.39, 0.29) is 48.2 Å². The maximum Gasteiger partial charge on any atom is 1.00 e. The largest absolute Gasteiger partial charge is 1.00 e. The summed E-state index contributed by atoms with van der Waals surface area (Å²) in [6.07, 6.45) is 0.864. The molecule has 0 amide bonds. The summed E-state index contributed by atoms with van der Waals surface area (Å²) in [5.41, 5.74) is -0.102. The van der Waals surface area contributed by atoms with Gasteiger partial charge in [-0.05, 0) is 25.5 Å². The topological polar surface area (TPSA) is 75.7 Å². The zero-order valence-corrected chi connectivity index (χ0v) is 10.9. The standard InChI is InChI=1S/C9H12O5.Na/c1-2-13-9(12)7(10)6-4-3-5-14-8(6)11;/h10H,2-5H2,1H3;/q;+1/p-1/b7-6-;. The van der Waals surface area contributed by atoms with Gasteiger partial charge in [-0.1, -0.05) is 0 Å². The van der Waals surface area contributed by atoms with Crippen molar-refractivity contribution in [3.63, 3.8) is 0 Å². The van der Waals surface area contributed by atoms with Crippen molar-refractivity contribution >= 4 is 11.9 Å². The fourth-order valence-electron chi connectivity index (χ4n) is 1.13. The average molecular weight is 222 g/mol. The van der Waals surface area contributed by atoms with Gasteiger partial charge >= 0.3 is 41.5 Å². The second-order valence-electron chi connectivity index (χ2n) is 2.77. The second-order valence-corrected chi connectivity index (χ2v) is 2.77. The third kappa shape index (κ3) is 3.85. The first-order valence-electron chi connectivity index (χ1n) is 4.41. The van der Waals surface area contributed by atoms with Gasteiger partial charge in [-0.15, -0.1) is 0 Å². The zero-order chi connectivity index (χ0) is 10.6. The first-order valence-corrected chi connectivity index (χ1v) is 4.41. The molecule has 1 aliphatic rings. The summed E-state index contributed by atoms with van der Waals surface area (Å²) in [4.78, 5) is 22.0. The molecule has 0 saturated carbocycles. The quantitative estimate of drug-likeness (QED) is 0.210. The molecule has 0 aromatic rings. The Kier molecular flexibility index (Phi) is 6.63. The molecule has 0 aromatic heterocycles. The molecule has 0 bridgehead atoms.